The topological polar surface area (TPSA) is 84.7 Å². The van der Waals surface area contributed by atoms with Crippen LogP contribution in [0.5, 0.6) is 5.75 Å². The number of carbonyl (C=O) groups is 2. The maximum atomic E-state index is 11.4. The zero-order valence-electron chi connectivity index (χ0n) is 19.6. The zero-order valence-corrected chi connectivity index (χ0v) is 19.6. The summed E-state index contributed by atoms with van der Waals surface area (Å²) in [6.45, 7) is 10.2. The third-order valence-corrected chi connectivity index (χ3v) is 4.31. The second kappa shape index (κ2) is 16.7. The molecule has 0 fully saturated rings. The van der Waals surface area contributed by atoms with Gasteiger partial charge in [0.2, 0.25) is 6.41 Å². The molecule has 0 aromatic heterocycles. The molecule has 0 saturated carbocycles. The van der Waals surface area contributed by atoms with Gasteiger partial charge in [0, 0.05) is 37.0 Å². The van der Waals surface area contributed by atoms with Crippen LogP contribution in [-0.2, 0) is 9.59 Å². The second-order valence-electron chi connectivity index (χ2n) is 6.52. The Labute approximate surface area is 187 Å². The van der Waals surface area contributed by atoms with Crippen molar-refractivity contribution in [3.8, 4) is 5.75 Å². The first kappa shape index (κ1) is 27.9. The number of nitrogens with one attached hydrogen (secondary N) is 1. The Morgan fingerprint density at radius 3 is 2.03 bits per heavy atom. The number of benzene rings is 2. The number of carbonyl (C=O) groups excluding carboxylic acids is 2. The molecule has 0 spiro atoms. The van der Waals surface area contributed by atoms with Gasteiger partial charge in [0.05, 0.1) is 7.11 Å². The fourth-order valence-electron chi connectivity index (χ4n) is 2.49. The molecule has 2 rings (SSSR count). The molecular formula is C25H37N3O3. The number of nitrogens with two attached hydrogens (primary N) is 1. The first-order valence-electron chi connectivity index (χ1n) is 10.4. The first-order chi connectivity index (χ1) is 14.9. The molecule has 0 bridgehead atoms. The number of hydrogen-bond donors (Lipinski definition) is 2. The van der Waals surface area contributed by atoms with E-state index in [1.807, 2.05) is 83.3 Å². The van der Waals surface area contributed by atoms with Crippen molar-refractivity contribution >= 4 is 30.0 Å². The standard InChI is InChI=1S/C18H19NO2.C5H11NO.C2H7N/c1-13-4-6-14(7-5-13)16(12-20)10-15-11-17(21-3)8-9-18(15)19-2;1-3-6(4-2)5-7;1-2-3/h4-12,19H,1-3H3;5H,3-4H2,1-2H3;2-3H2,1H3/b16-10+;;. The molecule has 6 nitrogen and oxygen atoms in total. The highest BCUT2D eigenvalue weighted by molar-refractivity contribution is 6.14. The lowest BCUT2D eigenvalue weighted by Gasteiger charge is -2.09. The number of hydrogen-bond acceptors (Lipinski definition) is 5. The highest BCUT2D eigenvalue weighted by Crippen LogP contribution is 2.26. The van der Waals surface area contributed by atoms with Crippen molar-refractivity contribution in [1.82, 2.24) is 4.90 Å². The Balaban J connectivity index is 0.000000756. The van der Waals surface area contributed by atoms with E-state index in [-0.39, 0.29) is 0 Å². The van der Waals surface area contributed by atoms with Crippen molar-refractivity contribution in [2.24, 2.45) is 5.73 Å². The van der Waals surface area contributed by atoms with Crippen molar-refractivity contribution in [3.63, 3.8) is 0 Å². The van der Waals surface area contributed by atoms with Gasteiger partial charge in [0.1, 0.15) is 5.75 Å². The lowest BCUT2D eigenvalue weighted by atomic mass is 10.0. The summed E-state index contributed by atoms with van der Waals surface area (Å²) in [6.07, 6.45) is 3.61. The van der Waals surface area contributed by atoms with Crippen molar-refractivity contribution in [3.05, 3.63) is 59.2 Å². The monoisotopic (exact) mass is 427 g/mol. The summed E-state index contributed by atoms with van der Waals surface area (Å²) in [5.74, 6) is 0.759. The predicted octanol–water partition coefficient (Wildman–Crippen LogP) is 4.23. The summed E-state index contributed by atoms with van der Waals surface area (Å²) in [5.41, 5.74) is 9.42. The molecule has 170 valence electrons. The smallest absolute Gasteiger partial charge is 0.209 e. The van der Waals surface area contributed by atoms with Gasteiger partial charge in [-0.3, -0.25) is 9.59 Å². The maximum absolute atomic E-state index is 11.4. The lowest BCUT2D eigenvalue weighted by molar-refractivity contribution is -0.117. The van der Waals surface area contributed by atoms with E-state index in [0.717, 1.165) is 54.9 Å². The Kier molecular flexibility index (Phi) is 15.0. The van der Waals surface area contributed by atoms with E-state index in [0.29, 0.717) is 5.57 Å². The van der Waals surface area contributed by atoms with Crippen LogP contribution in [0, 0.1) is 6.92 Å². The molecule has 3 N–H and O–H groups in total. The number of aryl methyl sites for hydroxylation is 1. The molecule has 1 amide bonds. The summed E-state index contributed by atoms with van der Waals surface area (Å²) in [5, 5.41) is 3.12. The molecule has 0 aliphatic heterocycles. The van der Waals surface area contributed by atoms with Crippen LogP contribution in [0.15, 0.2) is 42.5 Å². The molecule has 0 aliphatic carbocycles. The average molecular weight is 428 g/mol. The van der Waals surface area contributed by atoms with E-state index in [1.165, 1.54) is 5.56 Å². The van der Waals surface area contributed by atoms with E-state index in [1.54, 1.807) is 12.0 Å². The number of aldehydes is 1. The normalized spacial score (nSPS) is 9.97. The van der Waals surface area contributed by atoms with E-state index >= 15 is 0 Å². The third-order valence-electron chi connectivity index (χ3n) is 4.31. The quantitative estimate of drug-likeness (QED) is 0.374. The highest BCUT2D eigenvalue weighted by atomic mass is 16.5. The van der Waals surface area contributed by atoms with E-state index in [4.69, 9.17) is 10.5 Å². The summed E-state index contributed by atoms with van der Waals surface area (Å²) < 4.78 is 5.25. The number of anilines is 1. The first-order valence-corrected chi connectivity index (χ1v) is 10.4. The second-order valence-corrected chi connectivity index (χ2v) is 6.52. The van der Waals surface area contributed by atoms with Crippen LogP contribution >= 0.6 is 0 Å². The summed E-state index contributed by atoms with van der Waals surface area (Å²) >= 11 is 0. The van der Waals surface area contributed by atoms with Gasteiger partial charge in [-0.15, -0.1) is 0 Å². The number of nitrogens with zero attached hydrogens (tertiary/aromatic N) is 1. The number of rotatable bonds is 8. The molecule has 0 unspecified atom stereocenters. The Morgan fingerprint density at radius 1 is 1.06 bits per heavy atom. The molecule has 0 saturated heterocycles. The fourth-order valence-corrected chi connectivity index (χ4v) is 2.49. The summed E-state index contributed by atoms with van der Waals surface area (Å²) in [6, 6.07) is 13.6. The van der Waals surface area contributed by atoms with Crippen LogP contribution in [0.1, 0.15) is 37.5 Å². The van der Waals surface area contributed by atoms with Crippen LogP contribution in [0.25, 0.3) is 11.6 Å². The molecular weight excluding hydrogens is 390 g/mol. The third kappa shape index (κ3) is 10.5. The van der Waals surface area contributed by atoms with Gasteiger partial charge in [0.15, 0.2) is 6.29 Å². The maximum Gasteiger partial charge on any atom is 0.209 e. The van der Waals surface area contributed by atoms with Gasteiger partial charge in [-0.2, -0.15) is 0 Å². The van der Waals surface area contributed by atoms with Crippen LogP contribution in [-0.4, -0.2) is 51.4 Å². The number of methoxy groups -OCH3 is 1. The molecule has 0 aliphatic rings. The lowest BCUT2D eigenvalue weighted by Crippen LogP contribution is -2.19. The Hall–Kier alpha value is -3.12. The molecule has 6 heteroatoms. The van der Waals surface area contributed by atoms with Crippen molar-refractivity contribution < 1.29 is 14.3 Å². The predicted molar refractivity (Wildman–Crippen MR) is 131 cm³/mol. The molecule has 2 aromatic carbocycles. The molecule has 2 aromatic rings. The largest absolute Gasteiger partial charge is 0.497 e. The SMILES string of the molecule is CCN.CCN(C=O)CC.CNc1ccc(OC)cc1/C=C(\C=O)c1ccc(C)cc1. The Morgan fingerprint density at radius 2 is 1.65 bits per heavy atom. The minimum absolute atomic E-state index is 0.639. The van der Waals surface area contributed by atoms with Crippen LogP contribution in [0.3, 0.4) is 0 Å². The average Bonchev–Trinajstić information content (AvgIpc) is 2.80. The van der Waals surface area contributed by atoms with Gasteiger partial charge in [0.25, 0.3) is 0 Å². The molecule has 0 heterocycles. The number of allylic oxidation sites excluding steroid dienone is 1. The van der Waals surface area contributed by atoms with Crippen LogP contribution < -0.4 is 15.8 Å². The van der Waals surface area contributed by atoms with Crippen molar-refractivity contribution in [2.75, 3.05) is 39.1 Å². The summed E-state index contributed by atoms with van der Waals surface area (Å²) in [7, 11) is 3.48. The minimum Gasteiger partial charge on any atom is -0.497 e. The van der Waals surface area contributed by atoms with Crippen LogP contribution in [0.2, 0.25) is 0 Å². The van der Waals surface area contributed by atoms with Crippen molar-refractivity contribution in [2.45, 2.75) is 27.7 Å². The summed E-state index contributed by atoms with van der Waals surface area (Å²) in [4.78, 5) is 23.0. The van der Waals surface area contributed by atoms with Gasteiger partial charge in [-0.25, -0.2) is 0 Å². The minimum atomic E-state index is 0.639. The highest BCUT2D eigenvalue weighted by Gasteiger charge is 2.05. The van der Waals surface area contributed by atoms with Gasteiger partial charge < -0.3 is 20.7 Å². The van der Waals surface area contributed by atoms with Gasteiger partial charge in [-0.1, -0.05) is 36.8 Å². The van der Waals surface area contributed by atoms with Crippen molar-refractivity contribution in [1.29, 1.82) is 0 Å². The van der Waals surface area contributed by atoms with Crippen LogP contribution in [0.4, 0.5) is 5.69 Å². The molecule has 0 atom stereocenters. The van der Waals surface area contributed by atoms with E-state index in [9.17, 15) is 9.59 Å². The van der Waals surface area contributed by atoms with E-state index in [2.05, 4.69) is 5.32 Å². The Bertz CT molecular complexity index is 798. The van der Waals surface area contributed by atoms with E-state index < -0.39 is 0 Å². The number of amides is 1. The molecule has 31 heavy (non-hydrogen) atoms. The van der Waals surface area contributed by atoms with Gasteiger partial charge >= 0.3 is 0 Å². The fraction of sp³-hybridized carbons (Fsp3) is 0.360. The zero-order chi connectivity index (χ0) is 23.6. The number of ether oxygens (including phenoxy) is 1. The van der Waals surface area contributed by atoms with Gasteiger partial charge in [-0.05, 0) is 57.2 Å². The molecule has 0 radical (unpaired) electrons.